The average molecular weight is 486 g/mol. The lowest BCUT2D eigenvalue weighted by atomic mass is 10.2. The van der Waals surface area contributed by atoms with Gasteiger partial charge in [0, 0.05) is 18.1 Å². The molecule has 33 heavy (non-hydrogen) atoms. The Morgan fingerprint density at radius 1 is 1.21 bits per heavy atom. The minimum Gasteiger partial charge on any atom is -0.495 e. The lowest BCUT2D eigenvalue weighted by molar-refractivity contribution is -0.116. The predicted molar refractivity (Wildman–Crippen MR) is 130 cm³/mol. The van der Waals surface area contributed by atoms with Crippen molar-refractivity contribution in [2.45, 2.75) is 18.6 Å². The fourth-order valence-corrected chi connectivity index (χ4v) is 3.79. The molecule has 2 N–H and O–H groups in total. The zero-order chi connectivity index (χ0) is 23.8. The molecule has 0 unspecified atom stereocenters. The number of carbonyl (C=O) groups excluding carboxylic acids is 2. The molecule has 2 aromatic carbocycles. The number of halogens is 1. The highest BCUT2D eigenvalue weighted by Gasteiger charge is 2.13. The third-order valence-electron chi connectivity index (χ3n) is 4.63. The van der Waals surface area contributed by atoms with Gasteiger partial charge in [0.05, 0.1) is 25.1 Å². The van der Waals surface area contributed by atoms with E-state index in [0.717, 1.165) is 11.1 Å². The predicted octanol–water partition coefficient (Wildman–Crippen LogP) is 3.85. The van der Waals surface area contributed by atoms with Gasteiger partial charge in [-0.3, -0.25) is 9.59 Å². The summed E-state index contributed by atoms with van der Waals surface area (Å²) in [5, 5.41) is 15.0. The number of thioether (sulfide) groups is 1. The molecule has 0 atom stereocenters. The van der Waals surface area contributed by atoms with Crippen LogP contribution in [0.2, 0.25) is 5.02 Å². The van der Waals surface area contributed by atoms with Gasteiger partial charge in [-0.15, -0.1) is 10.2 Å². The molecule has 0 aliphatic carbocycles. The molecule has 0 radical (unpaired) electrons. The van der Waals surface area contributed by atoms with Crippen molar-refractivity contribution in [2.75, 3.05) is 18.2 Å². The number of nitrogens with zero attached hydrogens (tertiary/aromatic N) is 3. The first-order valence-corrected chi connectivity index (χ1v) is 11.4. The van der Waals surface area contributed by atoms with E-state index in [1.165, 1.54) is 17.8 Å². The van der Waals surface area contributed by atoms with E-state index in [-0.39, 0.29) is 24.1 Å². The monoisotopic (exact) mass is 485 g/mol. The van der Waals surface area contributed by atoms with E-state index in [0.29, 0.717) is 27.4 Å². The first-order valence-electron chi connectivity index (χ1n) is 10.0. The quantitative estimate of drug-likeness (QED) is 0.353. The van der Waals surface area contributed by atoms with Gasteiger partial charge in [0.15, 0.2) is 11.0 Å². The number of ether oxygens (including phenoxy) is 1. The Balaban J connectivity index is 1.51. The molecule has 0 saturated heterocycles. The lowest BCUT2D eigenvalue weighted by Crippen LogP contribution is -2.22. The molecular formula is C23H24ClN5O3S. The minimum absolute atomic E-state index is 0.149. The third kappa shape index (κ3) is 6.84. The van der Waals surface area contributed by atoms with Crippen LogP contribution in [0.5, 0.6) is 5.75 Å². The fraction of sp³-hybridized carbons (Fsp3) is 0.217. The molecule has 0 aliphatic heterocycles. The molecule has 172 valence electrons. The molecule has 10 heteroatoms. The second-order valence-corrected chi connectivity index (χ2v) is 8.42. The Morgan fingerprint density at radius 2 is 2.00 bits per heavy atom. The minimum atomic E-state index is -0.279. The maximum Gasteiger partial charge on any atom is 0.244 e. The average Bonchev–Trinajstić information content (AvgIpc) is 3.15. The zero-order valence-corrected chi connectivity index (χ0v) is 20.0. The second kappa shape index (κ2) is 11.5. The standard InChI is InChI=1S/C23H24ClN5O3S/c1-15-8-10-19(32-3)18(12-15)26-22(31)14-33-23-28-27-20(29(23)2)13-25-21(30)11-9-16-6-4-5-7-17(16)24/h4-12H,13-14H2,1-3H3,(H,25,30)(H,26,31)/b11-9+. The van der Waals surface area contributed by atoms with Crippen LogP contribution in [0.15, 0.2) is 53.7 Å². The molecule has 3 rings (SSSR count). The second-order valence-electron chi connectivity index (χ2n) is 7.07. The van der Waals surface area contributed by atoms with E-state index in [9.17, 15) is 9.59 Å². The Labute approximate surface area is 201 Å². The highest BCUT2D eigenvalue weighted by molar-refractivity contribution is 7.99. The van der Waals surface area contributed by atoms with Crippen LogP contribution in [0.25, 0.3) is 6.08 Å². The summed E-state index contributed by atoms with van der Waals surface area (Å²) in [5.41, 5.74) is 2.39. The maximum atomic E-state index is 12.4. The van der Waals surface area contributed by atoms with Crippen molar-refractivity contribution in [1.29, 1.82) is 0 Å². The van der Waals surface area contributed by atoms with E-state index >= 15 is 0 Å². The number of carbonyl (C=O) groups is 2. The van der Waals surface area contributed by atoms with Crippen molar-refractivity contribution >= 4 is 46.9 Å². The number of benzene rings is 2. The summed E-state index contributed by atoms with van der Waals surface area (Å²) in [6, 6.07) is 12.8. The summed E-state index contributed by atoms with van der Waals surface area (Å²) in [4.78, 5) is 24.5. The molecule has 0 fully saturated rings. The third-order valence-corrected chi connectivity index (χ3v) is 5.99. The van der Waals surface area contributed by atoms with Gasteiger partial charge in [0.2, 0.25) is 11.8 Å². The summed E-state index contributed by atoms with van der Waals surface area (Å²) < 4.78 is 7.03. The van der Waals surface area contributed by atoms with E-state index in [1.807, 2.05) is 43.3 Å². The molecule has 0 aliphatic rings. The largest absolute Gasteiger partial charge is 0.495 e. The highest BCUT2D eigenvalue weighted by atomic mass is 35.5. The van der Waals surface area contributed by atoms with Crippen LogP contribution >= 0.6 is 23.4 Å². The number of methoxy groups -OCH3 is 1. The van der Waals surface area contributed by atoms with E-state index in [1.54, 1.807) is 30.9 Å². The van der Waals surface area contributed by atoms with Gasteiger partial charge < -0.3 is 19.9 Å². The van der Waals surface area contributed by atoms with Gasteiger partial charge in [-0.05, 0) is 42.3 Å². The number of aryl methyl sites for hydroxylation is 1. The van der Waals surface area contributed by atoms with Gasteiger partial charge in [-0.1, -0.05) is 47.6 Å². The van der Waals surface area contributed by atoms with Gasteiger partial charge in [0.25, 0.3) is 0 Å². The normalized spacial score (nSPS) is 10.9. The molecule has 1 heterocycles. The first kappa shape index (κ1) is 24.3. The number of amides is 2. The topological polar surface area (TPSA) is 98.1 Å². The summed E-state index contributed by atoms with van der Waals surface area (Å²) in [7, 11) is 3.34. The van der Waals surface area contributed by atoms with Crippen LogP contribution in [-0.4, -0.2) is 39.4 Å². The van der Waals surface area contributed by atoms with Gasteiger partial charge in [-0.25, -0.2) is 0 Å². The molecule has 3 aromatic rings. The zero-order valence-electron chi connectivity index (χ0n) is 18.5. The van der Waals surface area contributed by atoms with Crippen LogP contribution in [0.1, 0.15) is 17.0 Å². The van der Waals surface area contributed by atoms with Crippen molar-refractivity contribution in [2.24, 2.45) is 7.05 Å². The Morgan fingerprint density at radius 3 is 2.76 bits per heavy atom. The van der Waals surface area contributed by atoms with Crippen LogP contribution in [0.3, 0.4) is 0 Å². The molecule has 0 saturated carbocycles. The summed E-state index contributed by atoms with van der Waals surface area (Å²) in [5.74, 6) is 0.845. The van der Waals surface area contributed by atoms with Crippen LogP contribution in [0, 0.1) is 6.92 Å². The first-order chi connectivity index (χ1) is 15.9. The summed E-state index contributed by atoms with van der Waals surface area (Å²) in [6.45, 7) is 2.14. The van der Waals surface area contributed by atoms with Crippen molar-refractivity contribution in [3.8, 4) is 5.75 Å². The smallest absolute Gasteiger partial charge is 0.244 e. The van der Waals surface area contributed by atoms with Gasteiger partial charge >= 0.3 is 0 Å². The van der Waals surface area contributed by atoms with Crippen molar-refractivity contribution in [3.05, 3.63) is 70.5 Å². The Bertz CT molecular complexity index is 1180. The lowest BCUT2D eigenvalue weighted by Gasteiger charge is -2.11. The molecule has 1 aromatic heterocycles. The highest BCUT2D eigenvalue weighted by Crippen LogP contribution is 2.26. The number of nitrogens with one attached hydrogen (secondary N) is 2. The fourth-order valence-electron chi connectivity index (χ4n) is 2.86. The van der Waals surface area contributed by atoms with Crippen LogP contribution in [-0.2, 0) is 23.2 Å². The summed E-state index contributed by atoms with van der Waals surface area (Å²) >= 11 is 7.33. The molecular weight excluding hydrogens is 462 g/mol. The Hall–Kier alpha value is -3.30. The van der Waals surface area contributed by atoms with Crippen molar-refractivity contribution in [3.63, 3.8) is 0 Å². The molecule has 8 nitrogen and oxygen atoms in total. The molecule has 2 amide bonds. The summed E-state index contributed by atoms with van der Waals surface area (Å²) in [6.07, 6.45) is 3.06. The van der Waals surface area contributed by atoms with Crippen LogP contribution in [0.4, 0.5) is 5.69 Å². The van der Waals surface area contributed by atoms with Crippen molar-refractivity contribution < 1.29 is 14.3 Å². The number of rotatable bonds is 9. The number of hydrogen-bond donors (Lipinski definition) is 2. The molecule has 0 bridgehead atoms. The van der Waals surface area contributed by atoms with E-state index in [2.05, 4.69) is 20.8 Å². The maximum absolute atomic E-state index is 12.4. The number of aromatic nitrogens is 3. The number of anilines is 1. The molecule has 0 spiro atoms. The van der Waals surface area contributed by atoms with Crippen LogP contribution < -0.4 is 15.4 Å². The van der Waals surface area contributed by atoms with E-state index in [4.69, 9.17) is 16.3 Å². The van der Waals surface area contributed by atoms with Crippen molar-refractivity contribution in [1.82, 2.24) is 20.1 Å². The number of hydrogen-bond acceptors (Lipinski definition) is 6. The Kier molecular flexibility index (Phi) is 8.51. The SMILES string of the molecule is COc1ccc(C)cc1NC(=O)CSc1nnc(CNC(=O)/C=C/c2ccccc2Cl)n1C. The van der Waals surface area contributed by atoms with Gasteiger partial charge in [0.1, 0.15) is 5.75 Å². The van der Waals surface area contributed by atoms with Gasteiger partial charge in [-0.2, -0.15) is 0 Å². The van der Waals surface area contributed by atoms with E-state index < -0.39 is 0 Å².